The predicted octanol–water partition coefficient (Wildman–Crippen LogP) is 1.43. The van der Waals surface area contributed by atoms with Crippen LogP contribution in [0.25, 0.3) is 0 Å². The van der Waals surface area contributed by atoms with Crippen molar-refractivity contribution >= 4 is 17.6 Å². The van der Waals surface area contributed by atoms with E-state index < -0.39 is 0 Å². The molecule has 1 aliphatic heterocycles. The van der Waals surface area contributed by atoms with Gasteiger partial charge in [0.05, 0.1) is 19.5 Å². The Hall–Kier alpha value is -0.970. The van der Waals surface area contributed by atoms with Crippen LogP contribution in [0.15, 0.2) is 12.4 Å². The van der Waals surface area contributed by atoms with E-state index in [1.807, 2.05) is 11.8 Å². The van der Waals surface area contributed by atoms with E-state index in [-0.39, 0.29) is 0 Å². The zero-order valence-corrected chi connectivity index (χ0v) is 9.66. The minimum Gasteiger partial charge on any atom is -0.480 e. The Morgan fingerprint density at radius 3 is 3.13 bits per heavy atom. The summed E-state index contributed by atoms with van der Waals surface area (Å²) in [5.74, 6) is 3.92. The summed E-state index contributed by atoms with van der Waals surface area (Å²) in [5, 5.41) is 0. The van der Waals surface area contributed by atoms with Crippen LogP contribution in [-0.4, -0.2) is 41.7 Å². The second-order valence-electron chi connectivity index (χ2n) is 3.37. The Morgan fingerprint density at radius 1 is 1.33 bits per heavy atom. The summed E-state index contributed by atoms with van der Waals surface area (Å²) in [4.78, 5) is 10.8. The van der Waals surface area contributed by atoms with Gasteiger partial charge < -0.3 is 9.64 Å². The quantitative estimate of drug-likeness (QED) is 0.761. The average Bonchev–Trinajstić information content (AvgIpc) is 2.58. The molecule has 0 aliphatic carbocycles. The molecule has 1 aliphatic rings. The first kappa shape index (κ1) is 10.5. The largest absolute Gasteiger partial charge is 0.480 e. The monoisotopic (exact) mass is 225 g/mol. The molecule has 0 saturated carbocycles. The molecule has 1 fully saturated rings. The molecule has 0 spiro atoms. The molecule has 0 radical (unpaired) electrons. The molecule has 4 nitrogen and oxygen atoms in total. The topological polar surface area (TPSA) is 38.2 Å². The fourth-order valence-corrected chi connectivity index (χ4v) is 2.45. The van der Waals surface area contributed by atoms with Crippen molar-refractivity contribution in [3.8, 4) is 5.88 Å². The molecule has 2 heterocycles. The zero-order chi connectivity index (χ0) is 10.5. The second kappa shape index (κ2) is 5.21. The van der Waals surface area contributed by atoms with Crippen molar-refractivity contribution in [2.45, 2.75) is 6.42 Å². The molecule has 0 aromatic carbocycles. The fraction of sp³-hybridized carbons (Fsp3) is 0.600. The molecule has 1 aromatic rings. The lowest BCUT2D eigenvalue weighted by atomic mass is 10.4. The van der Waals surface area contributed by atoms with E-state index in [4.69, 9.17) is 4.74 Å². The Bertz CT molecular complexity index is 313. The van der Waals surface area contributed by atoms with Gasteiger partial charge in [-0.3, -0.25) is 4.98 Å². The summed E-state index contributed by atoms with van der Waals surface area (Å²) in [5.41, 5.74) is 0. The number of rotatable bonds is 2. The Kier molecular flexibility index (Phi) is 3.66. The van der Waals surface area contributed by atoms with Crippen LogP contribution in [0.2, 0.25) is 0 Å². The fourth-order valence-electron chi connectivity index (χ4n) is 1.56. The first-order valence-corrected chi connectivity index (χ1v) is 6.24. The van der Waals surface area contributed by atoms with Crippen LogP contribution in [0.3, 0.4) is 0 Å². The highest BCUT2D eigenvalue weighted by molar-refractivity contribution is 7.99. The number of aromatic nitrogens is 2. The third-order valence-corrected chi connectivity index (χ3v) is 3.40. The van der Waals surface area contributed by atoms with Crippen molar-refractivity contribution in [3.05, 3.63) is 12.4 Å². The van der Waals surface area contributed by atoms with Crippen molar-refractivity contribution < 1.29 is 4.74 Å². The van der Waals surface area contributed by atoms with Gasteiger partial charge in [0, 0.05) is 18.8 Å². The maximum Gasteiger partial charge on any atom is 0.233 e. The van der Waals surface area contributed by atoms with E-state index in [2.05, 4.69) is 14.9 Å². The smallest absolute Gasteiger partial charge is 0.233 e. The van der Waals surface area contributed by atoms with Gasteiger partial charge in [0.2, 0.25) is 5.88 Å². The molecule has 15 heavy (non-hydrogen) atoms. The lowest BCUT2D eigenvalue weighted by Crippen LogP contribution is -2.26. The standard InChI is InChI=1S/C10H15N3OS/c1-14-10-8-11-7-9(12-10)13-3-2-5-15-6-4-13/h7-8H,2-6H2,1H3. The van der Waals surface area contributed by atoms with Crippen molar-refractivity contribution in [1.82, 2.24) is 9.97 Å². The van der Waals surface area contributed by atoms with Gasteiger partial charge in [0.1, 0.15) is 0 Å². The predicted molar refractivity (Wildman–Crippen MR) is 62.7 cm³/mol. The maximum absolute atomic E-state index is 5.07. The Balaban J connectivity index is 2.12. The van der Waals surface area contributed by atoms with Gasteiger partial charge in [0.15, 0.2) is 5.82 Å². The van der Waals surface area contributed by atoms with Crippen LogP contribution >= 0.6 is 11.8 Å². The van der Waals surface area contributed by atoms with E-state index >= 15 is 0 Å². The summed E-state index contributed by atoms with van der Waals surface area (Å²) in [6.07, 6.45) is 4.65. The summed E-state index contributed by atoms with van der Waals surface area (Å²) in [6, 6.07) is 0. The van der Waals surface area contributed by atoms with Crippen molar-refractivity contribution in [2.24, 2.45) is 0 Å². The lowest BCUT2D eigenvalue weighted by molar-refractivity contribution is 0.395. The van der Waals surface area contributed by atoms with Crippen LogP contribution in [0.1, 0.15) is 6.42 Å². The van der Waals surface area contributed by atoms with Crippen LogP contribution in [0, 0.1) is 0 Å². The van der Waals surface area contributed by atoms with Crippen LogP contribution in [-0.2, 0) is 0 Å². The van der Waals surface area contributed by atoms with E-state index in [1.54, 1.807) is 19.5 Å². The second-order valence-corrected chi connectivity index (χ2v) is 4.60. The molecule has 82 valence electrons. The van der Waals surface area contributed by atoms with Gasteiger partial charge in [0.25, 0.3) is 0 Å². The minimum absolute atomic E-state index is 0.587. The molecule has 1 saturated heterocycles. The molecular weight excluding hydrogens is 210 g/mol. The molecule has 0 bridgehead atoms. The van der Waals surface area contributed by atoms with Gasteiger partial charge in [-0.15, -0.1) is 0 Å². The number of anilines is 1. The van der Waals surface area contributed by atoms with Crippen molar-refractivity contribution in [1.29, 1.82) is 0 Å². The molecular formula is C10H15N3OS. The third kappa shape index (κ3) is 2.75. The van der Waals surface area contributed by atoms with Gasteiger partial charge in [-0.2, -0.15) is 16.7 Å². The zero-order valence-electron chi connectivity index (χ0n) is 8.85. The first-order valence-electron chi connectivity index (χ1n) is 5.09. The molecule has 1 aromatic heterocycles. The average molecular weight is 225 g/mol. The first-order chi connectivity index (χ1) is 7.40. The molecule has 0 N–H and O–H groups in total. The molecule has 2 rings (SSSR count). The lowest BCUT2D eigenvalue weighted by Gasteiger charge is -2.20. The number of hydrogen-bond donors (Lipinski definition) is 0. The van der Waals surface area contributed by atoms with Crippen LogP contribution < -0.4 is 9.64 Å². The number of ether oxygens (including phenoxy) is 1. The minimum atomic E-state index is 0.587. The SMILES string of the molecule is COc1cncc(N2CCCSCC2)n1. The summed E-state index contributed by atoms with van der Waals surface area (Å²) < 4.78 is 5.07. The summed E-state index contributed by atoms with van der Waals surface area (Å²) in [6.45, 7) is 2.11. The third-order valence-electron chi connectivity index (χ3n) is 2.36. The van der Waals surface area contributed by atoms with E-state index in [9.17, 15) is 0 Å². The molecule has 5 heteroatoms. The highest BCUT2D eigenvalue weighted by Crippen LogP contribution is 2.18. The number of methoxy groups -OCH3 is 1. The maximum atomic E-state index is 5.07. The van der Waals surface area contributed by atoms with Crippen LogP contribution in [0.4, 0.5) is 5.82 Å². The molecule has 0 amide bonds. The van der Waals surface area contributed by atoms with E-state index in [0.717, 1.165) is 18.9 Å². The van der Waals surface area contributed by atoms with Gasteiger partial charge in [-0.05, 0) is 12.2 Å². The van der Waals surface area contributed by atoms with E-state index in [0.29, 0.717) is 5.88 Å². The Labute approximate surface area is 94.1 Å². The van der Waals surface area contributed by atoms with Crippen molar-refractivity contribution in [2.75, 3.05) is 36.6 Å². The van der Waals surface area contributed by atoms with Gasteiger partial charge in [-0.25, -0.2) is 0 Å². The Morgan fingerprint density at radius 2 is 2.27 bits per heavy atom. The van der Waals surface area contributed by atoms with Crippen molar-refractivity contribution in [3.63, 3.8) is 0 Å². The highest BCUT2D eigenvalue weighted by Gasteiger charge is 2.11. The van der Waals surface area contributed by atoms with Gasteiger partial charge in [-0.1, -0.05) is 0 Å². The molecule has 0 unspecified atom stereocenters. The number of nitrogens with zero attached hydrogens (tertiary/aromatic N) is 3. The highest BCUT2D eigenvalue weighted by atomic mass is 32.2. The summed E-state index contributed by atoms with van der Waals surface area (Å²) >= 11 is 2.00. The van der Waals surface area contributed by atoms with Gasteiger partial charge >= 0.3 is 0 Å². The van der Waals surface area contributed by atoms with Crippen LogP contribution in [0.5, 0.6) is 5.88 Å². The summed E-state index contributed by atoms with van der Waals surface area (Å²) in [7, 11) is 1.62. The number of thioether (sulfide) groups is 1. The number of hydrogen-bond acceptors (Lipinski definition) is 5. The normalized spacial score (nSPS) is 17.3. The van der Waals surface area contributed by atoms with E-state index in [1.165, 1.54) is 17.9 Å². The molecule has 0 atom stereocenters.